The van der Waals surface area contributed by atoms with Crippen molar-refractivity contribution in [2.24, 2.45) is 0 Å². The summed E-state index contributed by atoms with van der Waals surface area (Å²) in [6, 6.07) is 9.94. The highest BCUT2D eigenvalue weighted by atomic mass is 16.2. The summed E-state index contributed by atoms with van der Waals surface area (Å²) in [5, 5.41) is 10.9. The van der Waals surface area contributed by atoms with Crippen LogP contribution in [-0.4, -0.2) is 140 Å². The molecular formula is C42H48N10O8. The number of nitrogens with zero attached hydrogens (tertiary/aromatic N) is 6. The molecule has 4 aliphatic heterocycles. The van der Waals surface area contributed by atoms with Crippen LogP contribution in [0.3, 0.4) is 0 Å². The van der Waals surface area contributed by atoms with E-state index in [4.69, 9.17) is 0 Å². The van der Waals surface area contributed by atoms with E-state index < -0.39 is 53.7 Å². The summed E-state index contributed by atoms with van der Waals surface area (Å²) in [4.78, 5) is 120. The lowest BCUT2D eigenvalue weighted by molar-refractivity contribution is -0.145. The molecule has 18 heteroatoms. The number of nitrogens with one attached hydrogen (secondary N) is 4. The number of benzene rings is 1. The van der Waals surface area contributed by atoms with Crippen LogP contribution in [0.4, 0.5) is 11.4 Å². The summed E-state index contributed by atoms with van der Waals surface area (Å²) in [6.07, 6.45) is 10.4. The fourth-order valence-electron chi connectivity index (χ4n) is 8.46. The molecule has 0 bridgehead atoms. The van der Waals surface area contributed by atoms with Gasteiger partial charge >= 0.3 is 0 Å². The van der Waals surface area contributed by atoms with Gasteiger partial charge in [0.25, 0.3) is 11.8 Å². The van der Waals surface area contributed by atoms with Gasteiger partial charge in [-0.1, -0.05) is 6.07 Å². The zero-order valence-corrected chi connectivity index (χ0v) is 33.1. The summed E-state index contributed by atoms with van der Waals surface area (Å²) in [5.74, 6) is -3.24. The van der Waals surface area contributed by atoms with Gasteiger partial charge in [-0.15, -0.1) is 0 Å². The Bertz CT molecular complexity index is 2120. The Hall–Kier alpha value is -6.72. The van der Waals surface area contributed by atoms with Crippen LogP contribution in [0.5, 0.6) is 0 Å². The first kappa shape index (κ1) is 41.4. The molecule has 4 atom stereocenters. The third-order valence-corrected chi connectivity index (χ3v) is 11.4. The van der Waals surface area contributed by atoms with Crippen molar-refractivity contribution < 1.29 is 38.4 Å². The van der Waals surface area contributed by atoms with Crippen molar-refractivity contribution in [3.8, 4) is 0 Å². The molecule has 4 fully saturated rings. The molecule has 60 heavy (non-hydrogen) atoms. The van der Waals surface area contributed by atoms with Gasteiger partial charge in [-0.3, -0.25) is 48.3 Å². The van der Waals surface area contributed by atoms with Crippen LogP contribution >= 0.6 is 0 Å². The molecule has 0 unspecified atom stereocenters. The topological polar surface area (TPSA) is 223 Å². The van der Waals surface area contributed by atoms with E-state index in [9.17, 15) is 38.4 Å². The number of carbonyl (C=O) groups excluding carboxylic acids is 8. The van der Waals surface area contributed by atoms with Gasteiger partial charge in [0.1, 0.15) is 24.2 Å². The molecule has 0 spiro atoms. The van der Waals surface area contributed by atoms with E-state index in [1.165, 1.54) is 39.2 Å². The van der Waals surface area contributed by atoms with E-state index in [1.54, 1.807) is 53.7 Å². The molecule has 2 aromatic heterocycles. The molecule has 4 aliphatic rings. The van der Waals surface area contributed by atoms with E-state index >= 15 is 0 Å². The molecule has 7 rings (SSSR count). The van der Waals surface area contributed by atoms with E-state index in [2.05, 4.69) is 31.2 Å². The largest absolute Gasteiger partial charge is 0.345 e. The molecule has 3 aromatic rings. The third-order valence-electron chi connectivity index (χ3n) is 11.4. The maximum atomic E-state index is 13.7. The van der Waals surface area contributed by atoms with Gasteiger partial charge in [0.2, 0.25) is 35.4 Å². The minimum atomic E-state index is -0.804. The first-order chi connectivity index (χ1) is 29.1. The molecule has 18 nitrogen and oxygen atoms in total. The quantitative estimate of drug-likeness (QED) is 0.204. The lowest BCUT2D eigenvalue weighted by Crippen LogP contribution is -2.53. The monoisotopic (exact) mass is 820 g/mol. The van der Waals surface area contributed by atoms with Crippen LogP contribution in [0, 0.1) is 0 Å². The Labute approximate surface area is 346 Å². The van der Waals surface area contributed by atoms with Crippen molar-refractivity contribution in [1.29, 1.82) is 0 Å². The second-order valence-electron chi connectivity index (χ2n) is 15.3. The highest BCUT2D eigenvalue weighted by Gasteiger charge is 2.42. The van der Waals surface area contributed by atoms with Crippen LogP contribution < -0.4 is 21.3 Å². The number of rotatable bonds is 12. The summed E-state index contributed by atoms with van der Waals surface area (Å²) >= 11 is 0. The Morgan fingerprint density at radius 2 is 1.05 bits per heavy atom. The van der Waals surface area contributed by atoms with E-state index in [0.29, 0.717) is 94.5 Å². The van der Waals surface area contributed by atoms with Crippen molar-refractivity contribution >= 4 is 58.6 Å². The molecule has 0 saturated carbocycles. The van der Waals surface area contributed by atoms with Crippen LogP contribution in [0.25, 0.3) is 0 Å². The molecule has 1 aromatic carbocycles. The average molecular weight is 821 g/mol. The van der Waals surface area contributed by atoms with Crippen LogP contribution in [0.1, 0.15) is 72.1 Å². The molecule has 314 valence electrons. The fourth-order valence-corrected chi connectivity index (χ4v) is 8.46. The van der Waals surface area contributed by atoms with Crippen molar-refractivity contribution in [2.75, 3.05) is 49.9 Å². The highest BCUT2D eigenvalue weighted by Crippen LogP contribution is 2.26. The van der Waals surface area contributed by atoms with Crippen molar-refractivity contribution in [2.45, 2.75) is 75.5 Å². The lowest BCUT2D eigenvalue weighted by Gasteiger charge is -2.31. The number of hydrogen-bond acceptors (Lipinski definition) is 10. The number of hydrogen-bond donors (Lipinski definition) is 4. The number of likely N-dealkylation sites (tertiary alicyclic amines) is 4. The zero-order valence-electron chi connectivity index (χ0n) is 33.1. The predicted octanol–water partition coefficient (Wildman–Crippen LogP) is 1.18. The smallest absolute Gasteiger partial charge is 0.256 e. The number of aromatic nitrogens is 2. The van der Waals surface area contributed by atoms with Crippen molar-refractivity contribution in [3.63, 3.8) is 0 Å². The second kappa shape index (κ2) is 18.9. The van der Waals surface area contributed by atoms with Gasteiger partial charge in [0.05, 0.1) is 30.5 Å². The molecule has 4 saturated heterocycles. The molecule has 8 amide bonds. The number of anilines is 2. The average Bonchev–Trinajstić information content (AvgIpc) is 4.12. The SMILES string of the molecule is O=C(NCC(=O)N1CCC[C@H]1C(=O)N1CCC[C@H]1C(=O)Nc1cccnc1)c1cccc(NC(=O)[C@@H]2CCCN2C(=O)CNC(=O)[C@@H]2CCCN2C(=O)c2cccnc2)c1. The minimum absolute atomic E-state index is 0.180. The minimum Gasteiger partial charge on any atom is -0.345 e. The van der Waals surface area contributed by atoms with Gasteiger partial charge in [0.15, 0.2) is 0 Å². The van der Waals surface area contributed by atoms with Crippen molar-refractivity contribution in [1.82, 2.24) is 40.2 Å². The fraction of sp³-hybridized carbons (Fsp3) is 0.429. The number of pyridine rings is 2. The van der Waals surface area contributed by atoms with Crippen LogP contribution in [0.2, 0.25) is 0 Å². The Morgan fingerprint density at radius 1 is 0.533 bits per heavy atom. The van der Waals surface area contributed by atoms with Crippen molar-refractivity contribution in [3.05, 3.63) is 84.4 Å². The highest BCUT2D eigenvalue weighted by molar-refractivity contribution is 6.02. The van der Waals surface area contributed by atoms with Gasteiger partial charge in [-0.05, 0) is 93.8 Å². The first-order valence-electron chi connectivity index (χ1n) is 20.4. The summed E-state index contributed by atoms with van der Waals surface area (Å²) in [6.45, 7) is 0.775. The van der Waals surface area contributed by atoms with E-state index in [0.717, 1.165) is 0 Å². The Balaban J connectivity index is 0.883. The lowest BCUT2D eigenvalue weighted by atomic mass is 10.1. The van der Waals surface area contributed by atoms with E-state index in [1.807, 2.05) is 0 Å². The maximum absolute atomic E-state index is 13.7. The Kier molecular flexibility index (Phi) is 13.1. The van der Waals surface area contributed by atoms with E-state index in [-0.39, 0.29) is 36.4 Å². The summed E-state index contributed by atoms with van der Waals surface area (Å²) < 4.78 is 0. The van der Waals surface area contributed by atoms with Crippen LogP contribution in [0.15, 0.2) is 73.3 Å². The second-order valence-corrected chi connectivity index (χ2v) is 15.3. The molecular weight excluding hydrogens is 773 g/mol. The first-order valence-corrected chi connectivity index (χ1v) is 20.4. The normalized spacial score (nSPS) is 21.1. The van der Waals surface area contributed by atoms with Crippen LogP contribution in [-0.2, 0) is 28.8 Å². The predicted molar refractivity (Wildman–Crippen MR) is 216 cm³/mol. The number of carbonyl (C=O) groups is 8. The van der Waals surface area contributed by atoms with Gasteiger partial charge < -0.3 is 40.9 Å². The van der Waals surface area contributed by atoms with Gasteiger partial charge in [0, 0.05) is 56.0 Å². The Morgan fingerprint density at radius 3 is 1.70 bits per heavy atom. The summed E-state index contributed by atoms with van der Waals surface area (Å²) in [5.41, 5.74) is 1.39. The number of amides is 8. The van der Waals surface area contributed by atoms with Gasteiger partial charge in [-0.25, -0.2) is 0 Å². The molecule has 0 radical (unpaired) electrons. The third kappa shape index (κ3) is 9.43. The molecule has 4 N–H and O–H groups in total. The molecule has 0 aliphatic carbocycles. The standard InChI is InChI=1S/C42H48N10O8/c53-35(26-46-38(56)31-12-5-20-51(31)41(59)28-9-2-16-43-23-28)49-18-4-13-32(49)39(57)47-29-10-1-8-27(22-29)37(55)45-25-36(54)50-19-7-15-34(50)42(60)52-21-6-14-33(52)40(58)48-30-11-3-17-44-24-30/h1-3,8-11,16-17,22-24,31-34H,4-7,12-15,18-21,25-26H2,(H,45,55)(H,46,56)(H,47,57)(H,48,58)/t31-,32-,33-,34-/m0/s1. The molecule has 6 heterocycles. The zero-order chi connectivity index (χ0) is 42.2. The maximum Gasteiger partial charge on any atom is 0.256 e. The van der Waals surface area contributed by atoms with Gasteiger partial charge in [-0.2, -0.15) is 0 Å². The summed E-state index contributed by atoms with van der Waals surface area (Å²) in [7, 11) is 0.